The summed E-state index contributed by atoms with van der Waals surface area (Å²) in [7, 11) is 1.68. The summed E-state index contributed by atoms with van der Waals surface area (Å²) >= 11 is 0. The average molecular weight is 441 g/mol. The van der Waals surface area contributed by atoms with Gasteiger partial charge in [0, 0.05) is 36.5 Å². The Morgan fingerprint density at radius 2 is 1.94 bits per heavy atom. The van der Waals surface area contributed by atoms with Crippen LogP contribution in [0.4, 0.5) is 10.5 Å². The van der Waals surface area contributed by atoms with Gasteiger partial charge in [-0.05, 0) is 55.7 Å². The summed E-state index contributed by atoms with van der Waals surface area (Å²) in [5.41, 5.74) is 4.93. The van der Waals surface area contributed by atoms with Crippen molar-refractivity contribution in [3.63, 3.8) is 0 Å². The van der Waals surface area contributed by atoms with Crippen molar-refractivity contribution in [3.8, 4) is 17.0 Å². The van der Waals surface area contributed by atoms with Crippen LogP contribution >= 0.6 is 0 Å². The van der Waals surface area contributed by atoms with Crippen molar-refractivity contribution < 1.29 is 9.53 Å². The fraction of sp³-hybridized carbons (Fsp3) is 0.259. The van der Waals surface area contributed by atoms with Gasteiger partial charge in [-0.3, -0.25) is 0 Å². The Kier molecular flexibility index (Phi) is 5.73. The van der Waals surface area contributed by atoms with Crippen molar-refractivity contribution in [2.24, 2.45) is 0 Å². The number of urea groups is 1. The monoisotopic (exact) mass is 440 g/mol. The molecule has 1 atom stereocenters. The van der Waals surface area contributed by atoms with Gasteiger partial charge in [0.2, 0.25) is 0 Å². The highest BCUT2D eigenvalue weighted by molar-refractivity contribution is 5.90. The molecule has 0 bridgehead atoms. The molecule has 5 rings (SSSR count). The second kappa shape index (κ2) is 8.98. The van der Waals surface area contributed by atoms with Gasteiger partial charge < -0.3 is 19.4 Å². The molecule has 1 aliphatic rings. The molecule has 2 aromatic carbocycles. The number of likely N-dealkylation sites (tertiary alicyclic amines) is 1. The number of ether oxygens (including phenoxy) is 1. The number of fused-ring (bicyclic) bond motifs is 1. The zero-order chi connectivity index (χ0) is 22.8. The predicted octanol–water partition coefficient (Wildman–Crippen LogP) is 5.73. The summed E-state index contributed by atoms with van der Waals surface area (Å²) in [4.78, 5) is 20.0. The number of nitrogens with one attached hydrogen (secondary N) is 1. The van der Waals surface area contributed by atoms with Crippen molar-refractivity contribution in [2.45, 2.75) is 25.7 Å². The maximum Gasteiger partial charge on any atom is 0.321 e. The van der Waals surface area contributed by atoms with E-state index in [4.69, 9.17) is 9.72 Å². The van der Waals surface area contributed by atoms with Crippen molar-refractivity contribution in [3.05, 3.63) is 84.3 Å². The van der Waals surface area contributed by atoms with E-state index in [0.717, 1.165) is 59.0 Å². The minimum atomic E-state index is -0.0529. The first-order valence-corrected chi connectivity index (χ1v) is 11.4. The standard InChI is InChI=1S/C27H28N4O2/c1-19-9-3-4-13-23(19)28-27(32)30-15-8-11-21(18-30)26-29-25(24-14-5-6-16-31(24)26)20-10-7-12-22(17-20)33-2/h3-7,9-10,12-14,16-17,21H,8,11,15,18H2,1-2H3,(H,28,32). The molecule has 33 heavy (non-hydrogen) atoms. The molecule has 1 saturated heterocycles. The molecule has 3 heterocycles. The number of benzene rings is 2. The van der Waals surface area contributed by atoms with Crippen LogP contribution in [0.1, 0.15) is 30.1 Å². The van der Waals surface area contributed by atoms with Gasteiger partial charge in [-0.1, -0.05) is 36.4 Å². The zero-order valence-corrected chi connectivity index (χ0v) is 19.0. The van der Waals surface area contributed by atoms with E-state index in [1.165, 1.54) is 0 Å². The number of pyridine rings is 1. The first-order chi connectivity index (χ1) is 16.1. The number of aromatic nitrogens is 2. The van der Waals surface area contributed by atoms with Crippen LogP contribution in [-0.4, -0.2) is 40.5 Å². The topological polar surface area (TPSA) is 58.9 Å². The number of hydrogen-bond donors (Lipinski definition) is 1. The molecule has 6 heteroatoms. The number of hydrogen-bond acceptors (Lipinski definition) is 3. The molecule has 0 saturated carbocycles. The smallest absolute Gasteiger partial charge is 0.321 e. The molecule has 1 aliphatic heterocycles. The van der Waals surface area contributed by atoms with Crippen LogP contribution in [0.2, 0.25) is 0 Å². The highest BCUT2D eigenvalue weighted by Gasteiger charge is 2.29. The molecule has 0 radical (unpaired) electrons. The van der Waals surface area contributed by atoms with Gasteiger partial charge in [-0.2, -0.15) is 0 Å². The lowest BCUT2D eigenvalue weighted by molar-refractivity contribution is 0.191. The third-order valence-corrected chi connectivity index (χ3v) is 6.38. The molecule has 2 aromatic heterocycles. The van der Waals surface area contributed by atoms with Crippen molar-refractivity contribution in [2.75, 3.05) is 25.5 Å². The number of nitrogens with zero attached hydrogens (tertiary/aromatic N) is 3. The van der Waals surface area contributed by atoms with E-state index >= 15 is 0 Å². The summed E-state index contributed by atoms with van der Waals surface area (Å²) in [6, 6.07) is 22.0. The summed E-state index contributed by atoms with van der Waals surface area (Å²) in [6.45, 7) is 3.40. The molecule has 1 N–H and O–H groups in total. The molecule has 4 aromatic rings. The zero-order valence-electron chi connectivity index (χ0n) is 19.0. The number of methoxy groups -OCH3 is 1. The van der Waals surface area contributed by atoms with Crippen LogP contribution in [0.5, 0.6) is 5.75 Å². The van der Waals surface area contributed by atoms with E-state index in [9.17, 15) is 4.79 Å². The molecule has 0 aliphatic carbocycles. The third-order valence-electron chi connectivity index (χ3n) is 6.38. The molecular formula is C27H28N4O2. The van der Waals surface area contributed by atoms with E-state index in [1.807, 2.05) is 66.4 Å². The largest absolute Gasteiger partial charge is 0.497 e. The Balaban J connectivity index is 1.44. The highest BCUT2D eigenvalue weighted by Crippen LogP contribution is 2.33. The van der Waals surface area contributed by atoms with Gasteiger partial charge in [-0.25, -0.2) is 9.78 Å². The lowest BCUT2D eigenvalue weighted by Gasteiger charge is -2.32. The van der Waals surface area contributed by atoms with E-state index in [2.05, 4.69) is 28.0 Å². The molecule has 0 spiro atoms. The minimum Gasteiger partial charge on any atom is -0.497 e. The second-order valence-electron chi connectivity index (χ2n) is 8.54. The number of rotatable bonds is 4. The normalized spacial score (nSPS) is 16.1. The van der Waals surface area contributed by atoms with Crippen LogP contribution in [0.25, 0.3) is 16.8 Å². The number of piperidine rings is 1. The quantitative estimate of drug-likeness (QED) is 0.441. The fourth-order valence-corrected chi connectivity index (χ4v) is 4.61. The van der Waals surface area contributed by atoms with Crippen LogP contribution in [0, 0.1) is 6.92 Å². The van der Waals surface area contributed by atoms with Gasteiger partial charge >= 0.3 is 6.03 Å². The van der Waals surface area contributed by atoms with Crippen molar-refractivity contribution >= 4 is 17.2 Å². The number of anilines is 1. The first kappa shape index (κ1) is 21.1. The van der Waals surface area contributed by atoms with Gasteiger partial charge in [0.05, 0.1) is 18.3 Å². The SMILES string of the molecule is COc1cccc(-c2nc(C3CCCN(C(=O)Nc4ccccc4C)C3)n3ccccc23)c1. The maximum absolute atomic E-state index is 13.0. The maximum atomic E-state index is 13.0. The number of para-hydroxylation sites is 1. The Morgan fingerprint density at radius 1 is 1.09 bits per heavy atom. The van der Waals surface area contributed by atoms with Crippen molar-refractivity contribution in [1.29, 1.82) is 0 Å². The first-order valence-electron chi connectivity index (χ1n) is 11.4. The van der Waals surface area contributed by atoms with Crippen LogP contribution in [-0.2, 0) is 0 Å². The summed E-state index contributed by atoms with van der Waals surface area (Å²) in [6.07, 6.45) is 4.01. The van der Waals surface area contributed by atoms with Gasteiger partial charge in [0.15, 0.2) is 0 Å². The molecule has 168 valence electrons. The predicted molar refractivity (Wildman–Crippen MR) is 131 cm³/mol. The lowest BCUT2D eigenvalue weighted by atomic mass is 9.97. The molecule has 1 unspecified atom stereocenters. The molecule has 2 amide bonds. The van der Waals surface area contributed by atoms with Crippen LogP contribution < -0.4 is 10.1 Å². The molecular weight excluding hydrogens is 412 g/mol. The number of imidazole rings is 1. The van der Waals surface area contributed by atoms with Crippen LogP contribution in [0.15, 0.2) is 72.9 Å². The molecule has 6 nitrogen and oxygen atoms in total. The van der Waals surface area contributed by atoms with E-state index in [-0.39, 0.29) is 11.9 Å². The summed E-state index contributed by atoms with van der Waals surface area (Å²) < 4.78 is 7.59. The summed E-state index contributed by atoms with van der Waals surface area (Å²) in [5, 5.41) is 3.08. The summed E-state index contributed by atoms with van der Waals surface area (Å²) in [5.74, 6) is 1.97. The number of aryl methyl sites for hydroxylation is 1. The lowest BCUT2D eigenvalue weighted by Crippen LogP contribution is -2.42. The van der Waals surface area contributed by atoms with E-state index < -0.39 is 0 Å². The fourth-order valence-electron chi connectivity index (χ4n) is 4.61. The van der Waals surface area contributed by atoms with Gasteiger partial charge in [0.25, 0.3) is 0 Å². The second-order valence-corrected chi connectivity index (χ2v) is 8.54. The number of amides is 2. The third kappa shape index (κ3) is 4.16. The van der Waals surface area contributed by atoms with Gasteiger partial charge in [-0.15, -0.1) is 0 Å². The Bertz CT molecular complexity index is 1300. The minimum absolute atomic E-state index is 0.0529. The highest BCUT2D eigenvalue weighted by atomic mass is 16.5. The number of carbonyl (C=O) groups is 1. The Labute approximate surface area is 193 Å². The molecule has 1 fully saturated rings. The van der Waals surface area contributed by atoms with Crippen LogP contribution in [0.3, 0.4) is 0 Å². The van der Waals surface area contributed by atoms with E-state index in [1.54, 1.807) is 7.11 Å². The Hall–Kier alpha value is -3.80. The van der Waals surface area contributed by atoms with E-state index in [0.29, 0.717) is 6.54 Å². The number of carbonyl (C=O) groups excluding carboxylic acids is 1. The average Bonchev–Trinajstić information content (AvgIpc) is 3.25. The Morgan fingerprint density at radius 3 is 2.79 bits per heavy atom. The van der Waals surface area contributed by atoms with Gasteiger partial charge in [0.1, 0.15) is 11.6 Å². The van der Waals surface area contributed by atoms with Crippen molar-refractivity contribution in [1.82, 2.24) is 14.3 Å².